The topological polar surface area (TPSA) is 66.5 Å². The number of hydrogen-bond donors (Lipinski definition) is 1. The summed E-state index contributed by atoms with van der Waals surface area (Å²) in [4.78, 5) is 14.4. The van der Waals surface area contributed by atoms with Crippen molar-refractivity contribution < 1.29 is 13.2 Å². The Labute approximate surface area is 165 Å². The van der Waals surface area contributed by atoms with Gasteiger partial charge in [0.25, 0.3) is 10.0 Å². The van der Waals surface area contributed by atoms with Gasteiger partial charge in [-0.25, -0.2) is 8.42 Å². The van der Waals surface area contributed by atoms with E-state index in [9.17, 15) is 13.2 Å². The number of anilines is 2. The fourth-order valence-electron chi connectivity index (χ4n) is 4.80. The van der Waals surface area contributed by atoms with Gasteiger partial charge in [-0.2, -0.15) is 0 Å². The van der Waals surface area contributed by atoms with Crippen LogP contribution in [0.1, 0.15) is 47.9 Å². The first-order valence-electron chi connectivity index (χ1n) is 10.1. The lowest BCUT2D eigenvalue weighted by molar-refractivity contribution is -0.119. The number of rotatable bonds is 3. The van der Waals surface area contributed by atoms with Gasteiger partial charge in [-0.1, -0.05) is 6.07 Å². The third-order valence-electron chi connectivity index (χ3n) is 6.16. The summed E-state index contributed by atoms with van der Waals surface area (Å²) in [7, 11) is -3.64. The van der Waals surface area contributed by atoms with E-state index in [0.717, 1.165) is 61.0 Å². The number of benzene rings is 2. The molecule has 0 atom stereocenters. The molecule has 146 valence electrons. The average molecular weight is 397 g/mol. The number of sulfonamides is 1. The van der Waals surface area contributed by atoms with Crippen molar-refractivity contribution in [1.29, 1.82) is 0 Å². The van der Waals surface area contributed by atoms with Crippen LogP contribution in [0.2, 0.25) is 0 Å². The SMILES string of the molecule is O=C1CCc2cc(NS(=O)(=O)c3ccc4c(c3)CCCC4)cc3c2N1CCC3. The molecule has 5 rings (SSSR count). The highest BCUT2D eigenvalue weighted by atomic mass is 32.2. The minimum Gasteiger partial charge on any atom is -0.312 e. The summed E-state index contributed by atoms with van der Waals surface area (Å²) in [5, 5.41) is 0. The summed E-state index contributed by atoms with van der Waals surface area (Å²) in [5.74, 6) is 0.177. The van der Waals surface area contributed by atoms with Crippen LogP contribution in [0, 0.1) is 0 Å². The smallest absolute Gasteiger partial charge is 0.261 e. The molecule has 0 radical (unpaired) electrons. The van der Waals surface area contributed by atoms with Crippen molar-refractivity contribution in [3.8, 4) is 0 Å². The van der Waals surface area contributed by atoms with Crippen LogP contribution in [0.4, 0.5) is 11.4 Å². The Hall–Kier alpha value is -2.34. The zero-order chi connectivity index (χ0) is 19.3. The zero-order valence-electron chi connectivity index (χ0n) is 15.8. The Morgan fingerprint density at radius 2 is 1.50 bits per heavy atom. The van der Waals surface area contributed by atoms with Crippen molar-refractivity contribution in [2.24, 2.45) is 0 Å². The van der Waals surface area contributed by atoms with Crippen molar-refractivity contribution in [3.63, 3.8) is 0 Å². The minimum absolute atomic E-state index is 0.177. The number of hydrogen-bond acceptors (Lipinski definition) is 3. The molecule has 0 bridgehead atoms. The first-order chi connectivity index (χ1) is 13.5. The molecule has 2 aromatic rings. The molecule has 2 aliphatic heterocycles. The van der Waals surface area contributed by atoms with Gasteiger partial charge in [0.2, 0.25) is 5.91 Å². The quantitative estimate of drug-likeness (QED) is 0.862. The maximum absolute atomic E-state index is 13.0. The van der Waals surface area contributed by atoms with Crippen molar-refractivity contribution in [3.05, 3.63) is 52.6 Å². The Kier molecular flexibility index (Phi) is 4.19. The van der Waals surface area contributed by atoms with Gasteiger partial charge in [-0.15, -0.1) is 0 Å². The fraction of sp³-hybridized carbons (Fsp3) is 0.409. The van der Waals surface area contributed by atoms with Crippen LogP contribution >= 0.6 is 0 Å². The average Bonchev–Trinajstić information content (AvgIpc) is 2.70. The molecule has 28 heavy (non-hydrogen) atoms. The van der Waals surface area contributed by atoms with Crippen molar-refractivity contribution in [2.45, 2.75) is 56.3 Å². The van der Waals surface area contributed by atoms with Crippen LogP contribution in [0.25, 0.3) is 0 Å². The molecule has 5 nitrogen and oxygen atoms in total. The van der Waals surface area contributed by atoms with Crippen LogP contribution in [-0.4, -0.2) is 20.9 Å². The van der Waals surface area contributed by atoms with E-state index < -0.39 is 10.0 Å². The highest BCUT2D eigenvalue weighted by Gasteiger charge is 2.30. The number of aryl methyl sites for hydroxylation is 4. The Morgan fingerprint density at radius 1 is 0.786 bits per heavy atom. The molecule has 1 aliphatic carbocycles. The highest BCUT2D eigenvalue weighted by Crippen LogP contribution is 2.38. The van der Waals surface area contributed by atoms with Crippen LogP contribution in [-0.2, 0) is 40.5 Å². The van der Waals surface area contributed by atoms with Crippen LogP contribution in [0.15, 0.2) is 35.2 Å². The molecule has 2 aromatic carbocycles. The van der Waals surface area contributed by atoms with Gasteiger partial charge in [0.05, 0.1) is 10.6 Å². The van der Waals surface area contributed by atoms with E-state index in [1.54, 1.807) is 6.07 Å². The second kappa shape index (κ2) is 6.62. The summed E-state index contributed by atoms with van der Waals surface area (Å²) >= 11 is 0. The molecule has 3 aliphatic rings. The third kappa shape index (κ3) is 3.00. The van der Waals surface area contributed by atoms with Gasteiger partial charge >= 0.3 is 0 Å². The van der Waals surface area contributed by atoms with E-state index in [-0.39, 0.29) is 5.91 Å². The lowest BCUT2D eigenvalue weighted by Gasteiger charge is -2.35. The predicted octanol–water partition coefficient (Wildman–Crippen LogP) is 3.59. The van der Waals surface area contributed by atoms with Gasteiger partial charge in [-0.05, 0) is 91.5 Å². The van der Waals surface area contributed by atoms with Crippen molar-refractivity contribution in [1.82, 2.24) is 0 Å². The second-order valence-corrected chi connectivity index (χ2v) is 9.72. The maximum atomic E-state index is 13.0. The molecule has 0 saturated carbocycles. The summed E-state index contributed by atoms with van der Waals surface area (Å²) in [6.45, 7) is 0.763. The van der Waals surface area contributed by atoms with Gasteiger partial charge < -0.3 is 4.90 Å². The van der Waals surface area contributed by atoms with E-state index in [1.165, 1.54) is 12.0 Å². The molecule has 2 heterocycles. The first-order valence-corrected chi connectivity index (χ1v) is 11.6. The number of fused-ring (bicyclic) bond motifs is 1. The van der Waals surface area contributed by atoms with Gasteiger partial charge in [0.1, 0.15) is 0 Å². The number of carbonyl (C=O) groups excluding carboxylic acids is 1. The molecule has 1 N–H and O–H groups in total. The summed E-state index contributed by atoms with van der Waals surface area (Å²) in [5.41, 5.74) is 6.18. The lowest BCUT2D eigenvalue weighted by Crippen LogP contribution is -2.39. The van der Waals surface area contributed by atoms with Crippen LogP contribution in [0.3, 0.4) is 0 Å². The van der Waals surface area contributed by atoms with Crippen LogP contribution in [0.5, 0.6) is 0 Å². The number of amides is 1. The molecule has 0 unspecified atom stereocenters. The summed E-state index contributed by atoms with van der Waals surface area (Å²) in [6, 6.07) is 9.32. The Bertz CT molecular complexity index is 1060. The first kappa shape index (κ1) is 17.7. The van der Waals surface area contributed by atoms with E-state index in [0.29, 0.717) is 23.4 Å². The molecule has 0 spiro atoms. The fourth-order valence-corrected chi connectivity index (χ4v) is 5.89. The number of nitrogens with one attached hydrogen (secondary N) is 1. The molecular weight excluding hydrogens is 372 g/mol. The molecular formula is C22H24N2O3S. The van der Waals surface area contributed by atoms with Crippen LogP contribution < -0.4 is 9.62 Å². The van der Waals surface area contributed by atoms with Gasteiger partial charge in [0, 0.05) is 18.7 Å². The van der Waals surface area contributed by atoms with E-state index >= 15 is 0 Å². The molecule has 1 amide bonds. The minimum atomic E-state index is -3.64. The monoisotopic (exact) mass is 396 g/mol. The van der Waals surface area contributed by atoms with Crippen molar-refractivity contribution in [2.75, 3.05) is 16.2 Å². The number of nitrogens with zero attached hydrogens (tertiary/aromatic N) is 1. The summed E-state index contributed by atoms with van der Waals surface area (Å²) < 4.78 is 28.8. The van der Waals surface area contributed by atoms with E-state index in [1.807, 2.05) is 29.2 Å². The standard InChI is InChI=1S/C22H24N2O3S/c25-21-10-8-18-13-19(12-17-6-3-11-24(21)22(17)18)23-28(26,27)20-9-7-15-4-1-2-5-16(15)14-20/h7,9,12-14,23H,1-6,8,10-11H2. The molecule has 6 heteroatoms. The molecule has 0 aromatic heterocycles. The molecule has 0 saturated heterocycles. The van der Waals surface area contributed by atoms with Gasteiger partial charge in [-0.3, -0.25) is 9.52 Å². The number of carbonyl (C=O) groups is 1. The van der Waals surface area contributed by atoms with Gasteiger partial charge in [0.15, 0.2) is 0 Å². The summed E-state index contributed by atoms with van der Waals surface area (Å²) in [6.07, 6.45) is 7.24. The van der Waals surface area contributed by atoms with Crippen molar-refractivity contribution >= 4 is 27.3 Å². The normalized spacial score (nSPS) is 18.4. The highest BCUT2D eigenvalue weighted by molar-refractivity contribution is 7.92. The Morgan fingerprint density at radius 3 is 2.32 bits per heavy atom. The van der Waals surface area contributed by atoms with E-state index in [2.05, 4.69) is 4.72 Å². The zero-order valence-corrected chi connectivity index (χ0v) is 16.6. The largest absolute Gasteiger partial charge is 0.312 e. The van der Waals surface area contributed by atoms with E-state index in [4.69, 9.17) is 0 Å². The predicted molar refractivity (Wildman–Crippen MR) is 109 cm³/mol. The molecule has 0 fully saturated rings. The lowest BCUT2D eigenvalue weighted by atomic mass is 9.91. The Balaban J connectivity index is 1.48. The third-order valence-corrected chi connectivity index (χ3v) is 7.54. The second-order valence-electron chi connectivity index (χ2n) is 8.04. The maximum Gasteiger partial charge on any atom is 0.261 e.